The number of aliphatic imine (C=N–C) groups is 1. The molecule has 7 nitrogen and oxygen atoms in total. The van der Waals surface area contributed by atoms with Crippen LogP contribution >= 0.6 is 0 Å². The van der Waals surface area contributed by atoms with Gasteiger partial charge in [0, 0.05) is 42.6 Å². The number of carbonyl (C=O) groups excluding carboxylic acids is 1. The molecule has 3 aromatic rings. The largest absolute Gasteiger partial charge is 0.449 e. The Kier molecular flexibility index (Phi) is 7.58. The first-order chi connectivity index (χ1) is 16.4. The molecule has 3 rings (SSSR count). The van der Waals surface area contributed by atoms with Gasteiger partial charge >= 0.3 is 6.61 Å². The molecule has 1 aromatic heterocycles. The van der Waals surface area contributed by atoms with E-state index in [1.807, 2.05) is 0 Å². The maximum absolute atomic E-state index is 13.6. The summed E-state index contributed by atoms with van der Waals surface area (Å²) in [5.74, 6) is -3.56. The van der Waals surface area contributed by atoms with Crippen LogP contribution < -0.4 is 15.8 Å². The first kappa shape index (κ1) is 25.5. The van der Waals surface area contributed by atoms with Gasteiger partial charge in [0.25, 0.3) is 11.8 Å². The van der Waals surface area contributed by atoms with Crippen molar-refractivity contribution in [2.75, 3.05) is 5.32 Å². The Bertz CT molecular complexity index is 1280. The third kappa shape index (κ3) is 6.69. The van der Waals surface area contributed by atoms with Gasteiger partial charge in [0.2, 0.25) is 0 Å². The highest BCUT2D eigenvalue weighted by Gasteiger charge is 2.24. The molecular weight excluding hydrogens is 468 g/mol. The fraction of sp³-hybridized carbons (Fsp3) is 0.208. The Morgan fingerprint density at radius 3 is 2.60 bits per heavy atom. The summed E-state index contributed by atoms with van der Waals surface area (Å²) in [6.07, 6.45) is 2.47. The van der Waals surface area contributed by atoms with Crippen molar-refractivity contribution >= 4 is 23.5 Å². The van der Waals surface area contributed by atoms with Crippen molar-refractivity contribution in [2.45, 2.75) is 33.3 Å². The molecule has 0 unspecified atom stereocenters. The molecule has 0 spiro atoms. The minimum absolute atomic E-state index is 0.0228. The average molecular weight is 490 g/mol. The van der Waals surface area contributed by atoms with E-state index in [1.54, 1.807) is 6.92 Å². The van der Waals surface area contributed by atoms with E-state index < -0.39 is 18.4 Å². The lowest BCUT2D eigenvalue weighted by Gasteiger charge is -2.13. The molecule has 1 amide bonds. The third-order valence-corrected chi connectivity index (χ3v) is 4.71. The zero-order valence-corrected chi connectivity index (χ0v) is 19.0. The van der Waals surface area contributed by atoms with Crippen molar-refractivity contribution in [1.29, 1.82) is 0 Å². The van der Waals surface area contributed by atoms with Gasteiger partial charge in [-0.2, -0.15) is 8.78 Å². The van der Waals surface area contributed by atoms with Crippen LogP contribution in [0.25, 0.3) is 11.3 Å². The van der Waals surface area contributed by atoms with Crippen LogP contribution in [-0.2, 0) is 10.7 Å². The van der Waals surface area contributed by atoms with Crippen LogP contribution in [0.5, 0.6) is 5.75 Å². The number of anilines is 1. The Morgan fingerprint density at radius 1 is 1.26 bits per heavy atom. The number of ether oxygens (including phenoxy) is 1. The molecule has 0 aliphatic carbocycles. The first-order valence-electron chi connectivity index (χ1n) is 10.3. The molecule has 11 heteroatoms. The van der Waals surface area contributed by atoms with Gasteiger partial charge in [-0.25, -0.2) is 13.8 Å². The molecule has 0 bridgehead atoms. The van der Waals surface area contributed by atoms with Gasteiger partial charge in [-0.05, 0) is 37.3 Å². The zero-order valence-electron chi connectivity index (χ0n) is 19.0. The number of oxazole rings is 1. The smallest absolute Gasteiger partial charge is 0.387 e. The molecule has 35 heavy (non-hydrogen) atoms. The van der Waals surface area contributed by atoms with E-state index in [1.165, 1.54) is 55.8 Å². The number of hydrogen-bond acceptors (Lipinski definition) is 6. The minimum Gasteiger partial charge on any atom is -0.449 e. The number of alkyl halides is 4. The highest BCUT2D eigenvalue weighted by Crippen LogP contribution is 2.34. The molecule has 1 heterocycles. The maximum Gasteiger partial charge on any atom is 0.387 e. The number of nitrogens with one attached hydrogen (secondary N) is 1. The van der Waals surface area contributed by atoms with E-state index in [0.717, 1.165) is 13.0 Å². The second-order valence-electron chi connectivity index (χ2n) is 7.59. The van der Waals surface area contributed by atoms with Crippen molar-refractivity contribution in [1.82, 2.24) is 4.98 Å². The summed E-state index contributed by atoms with van der Waals surface area (Å²) >= 11 is 0. The fourth-order valence-electron chi connectivity index (χ4n) is 3.03. The molecule has 2 aromatic carbocycles. The van der Waals surface area contributed by atoms with Crippen LogP contribution in [-0.4, -0.2) is 23.7 Å². The first-order valence-corrected chi connectivity index (χ1v) is 10.3. The number of allylic oxidation sites excluding steroid dienone is 1. The van der Waals surface area contributed by atoms with Crippen LogP contribution in [0.2, 0.25) is 0 Å². The van der Waals surface area contributed by atoms with E-state index in [-0.39, 0.29) is 45.2 Å². The summed E-state index contributed by atoms with van der Waals surface area (Å²) in [5, 5.41) is 2.52. The van der Waals surface area contributed by atoms with Crippen molar-refractivity contribution in [2.24, 2.45) is 10.7 Å². The monoisotopic (exact) mass is 490 g/mol. The average Bonchev–Trinajstić information content (AvgIpc) is 3.20. The van der Waals surface area contributed by atoms with Crippen LogP contribution in [0.15, 0.2) is 69.4 Å². The molecule has 0 saturated heterocycles. The predicted molar refractivity (Wildman–Crippen MR) is 123 cm³/mol. The third-order valence-electron chi connectivity index (χ3n) is 4.71. The maximum atomic E-state index is 13.6. The summed E-state index contributed by atoms with van der Waals surface area (Å²) in [6, 6.07) is 9.38. The lowest BCUT2D eigenvalue weighted by Crippen LogP contribution is -2.19. The second-order valence-corrected chi connectivity index (χ2v) is 7.59. The molecule has 0 aliphatic heterocycles. The Morgan fingerprint density at radius 2 is 2.00 bits per heavy atom. The minimum atomic E-state index is -3.08. The predicted octanol–water partition coefficient (Wildman–Crippen LogP) is 5.94. The summed E-state index contributed by atoms with van der Waals surface area (Å²) < 4.78 is 62.5. The SMILES string of the molecule is CC(N)=C(C=Nc1ccc(OC(F)F)c(-c2coc(C)n2)c1)C(=O)Nc1cccc(C(C)(F)F)c1. The number of aromatic nitrogens is 1. The molecule has 0 aliphatic rings. The van der Waals surface area contributed by atoms with Gasteiger partial charge in [0.15, 0.2) is 5.89 Å². The highest BCUT2D eigenvalue weighted by molar-refractivity contribution is 6.18. The molecule has 0 fully saturated rings. The van der Waals surface area contributed by atoms with Gasteiger partial charge in [0.05, 0.1) is 11.3 Å². The van der Waals surface area contributed by atoms with Gasteiger partial charge in [0.1, 0.15) is 17.7 Å². The number of halogens is 4. The number of benzene rings is 2. The van der Waals surface area contributed by atoms with E-state index in [0.29, 0.717) is 5.89 Å². The van der Waals surface area contributed by atoms with E-state index in [9.17, 15) is 22.4 Å². The lowest BCUT2D eigenvalue weighted by molar-refractivity contribution is -0.112. The number of carbonyl (C=O) groups is 1. The number of aryl methyl sites for hydroxylation is 1. The normalized spacial score (nSPS) is 12.7. The quantitative estimate of drug-likeness (QED) is 0.231. The number of rotatable bonds is 8. The van der Waals surface area contributed by atoms with Crippen molar-refractivity contribution in [3.8, 4) is 17.0 Å². The van der Waals surface area contributed by atoms with Crippen LogP contribution in [0.3, 0.4) is 0 Å². The molecular formula is C24H22F4N4O3. The van der Waals surface area contributed by atoms with Crippen molar-refractivity contribution in [3.05, 3.63) is 71.5 Å². The van der Waals surface area contributed by atoms with Gasteiger partial charge in [-0.15, -0.1) is 0 Å². The fourth-order valence-corrected chi connectivity index (χ4v) is 3.03. The summed E-state index contributed by atoms with van der Waals surface area (Å²) in [4.78, 5) is 21.1. The summed E-state index contributed by atoms with van der Waals surface area (Å²) in [7, 11) is 0. The molecule has 184 valence electrons. The Labute approximate surface area is 198 Å². The van der Waals surface area contributed by atoms with Crippen molar-refractivity contribution < 1.29 is 31.5 Å². The van der Waals surface area contributed by atoms with Crippen molar-refractivity contribution in [3.63, 3.8) is 0 Å². The highest BCUT2D eigenvalue weighted by atomic mass is 19.3. The summed E-state index contributed by atoms with van der Waals surface area (Å²) in [6.45, 7) is 0.763. The molecule has 0 saturated carbocycles. The Balaban J connectivity index is 1.87. The summed E-state index contributed by atoms with van der Waals surface area (Å²) in [5.41, 5.74) is 6.56. The number of nitrogens with two attached hydrogens (primary N) is 1. The number of hydrogen-bond donors (Lipinski definition) is 2. The Hall–Kier alpha value is -4.15. The standard InChI is InChI=1S/C24H22F4N4O3/c1-13(29)19(22(33)32-17-6-4-5-15(9-17)24(3,27)28)11-30-16-7-8-21(35-23(25)26)18(10-16)20-12-34-14(2)31-20/h4-12,23H,29H2,1-3H3,(H,32,33). The number of nitrogens with zero attached hydrogens (tertiary/aromatic N) is 2. The molecule has 0 atom stereocenters. The topological polar surface area (TPSA) is 103 Å². The van der Waals surface area contributed by atoms with Gasteiger partial charge < -0.3 is 20.2 Å². The number of amides is 1. The van der Waals surface area contributed by atoms with Crippen LogP contribution in [0.4, 0.5) is 28.9 Å². The van der Waals surface area contributed by atoms with Crippen LogP contribution in [0, 0.1) is 6.92 Å². The van der Waals surface area contributed by atoms with Gasteiger partial charge in [-0.1, -0.05) is 12.1 Å². The van der Waals surface area contributed by atoms with E-state index in [2.05, 4.69) is 20.0 Å². The van der Waals surface area contributed by atoms with E-state index >= 15 is 0 Å². The van der Waals surface area contributed by atoms with Gasteiger partial charge in [-0.3, -0.25) is 9.79 Å². The second kappa shape index (κ2) is 10.4. The van der Waals surface area contributed by atoms with Crippen LogP contribution in [0.1, 0.15) is 25.3 Å². The zero-order chi connectivity index (χ0) is 25.8. The van der Waals surface area contributed by atoms with E-state index in [4.69, 9.17) is 10.2 Å². The molecule has 3 N–H and O–H groups in total. The molecule has 0 radical (unpaired) electrons. The lowest BCUT2D eigenvalue weighted by atomic mass is 10.1.